The van der Waals surface area contributed by atoms with Crippen LogP contribution in [0.4, 0.5) is 5.69 Å². The number of rotatable bonds is 6. The molecule has 0 fully saturated rings. The van der Waals surface area contributed by atoms with Crippen LogP contribution in [0, 0.1) is 0 Å². The largest absolute Gasteiger partial charge is 0.381 e. The molecule has 0 bridgehead atoms. The van der Waals surface area contributed by atoms with Crippen molar-refractivity contribution in [3.05, 3.63) is 59.7 Å². The average molecular weight is 306 g/mol. The molecule has 2 aromatic carbocycles. The van der Waals surface area contributed by atoms with Crippen molar-refractivity contribution in [3.63, 3.8) is 0 Å². The zero-order valence-electron chi connectivity index (χ0n) is 11.7. The van der Waals surface area contributed by atoms with E-state index in [0.717, 1.165) is 16.8 Å². The topological polar surface area (TPSA) is 81.4 Å². The molecule has 3 N–H and O–H groups in total. The molecule has 0 aliphatic carbocycles. The molecule has 2 rings (SSSR count). The van der Waals surface area contributed by atoms with Crippen LogP contribution in [0.3, 0.4) is 0 Å². The van der Waals surface area contributed by atoms with E-state index in [1.165, 1.54) is 12.1 Å². The van der Waals surface area contributed by atoms with Gasteiger partial charge in [-0.3, -0.25) is 0 Å². The van der Waals surface area contributed by atoms with Gasteiger partial charge in [-0.1, -0.05) is 24.3 Å². The summed E-state index contributed by atoms with van der Waals surface area (Å²) in [6.45, 7) is 1.25. The molecule has 0 unspecified atom stereocenters. The quantitative estimate of drug-likeness (QED) is 0.856. The van der Waals surface area contributed by atoms with Crippen molar-refractivity contribution < 1.29 is 13.2 Å². The zero-order chi connectivity index (χ0) is 15.3. The number of anilines is 1. The molecule has 0 aliphatic rings. The number of sulfonamides is 1. The van der Waals surface area contributed by atoms with Crippen molar-refractivity contribution in [2.45, 2.75) is 18.0 Å². The summed E-state index contributed by atoms with van der Waals surface area (Å²) >= 11 is 0. The summed E-state index contributed by atoms with van der Waals surface area (Å²) in [6, 6.07) is 14.5. The molecule has 6 heteroatoms. The van der Waals surface area contributed by atoms with E-state index >= 15 is 0 Å². The first-order valence-corrected chi connectivity index (χ1v) is 7.97. The molecule has 0 aliphatic heterocycles. The van der Waals surface area contributed by atoms with Gasteiger partial charge < -0.3 is 10.1 Å². The van der Waals surface area contributed by atoms with E-state index in [1.807, 2.05) is 24.3 Å². The summed E-state index contributed by atoms with van der Waals surface area (Å²) in [7, 11) is -1.97. The highest BCUT2D eigenvalue weighted by Crippen LogP contribution is 2.14. The van der Waals surface area contributed by atoms with Gasteiger partial charge in [0, 0.05) is 19.3 Å². The van der Waals surface area contributed by atoms with Gasteiger partial charge in [-0.15, -0.1) is 0 Å². The molecule has 21 heavy (non-hydrogen) atoms. The standard InChI is InChI=1S/C15H18N2O3S/c1-20-11-13-4-2-12(3-5-13)10-17-14-6-8-15(9-7-14)21(16,18)19/h2-9,17H,10-11H2,1H3,(H2,16,18,19). The summed E-state index contributed by atoms with van der Waals surface area (Å²) in [5, 5.41) is 8.28. The van der Waals surface area contributed by atoms with Crippen molar-refractivity contribution in [2.75, 3.05) is 12.4 Å². The van der Waals surface area contributed by atoms with E-state index in [-0.39, 0.29) is 4.90 Å². The maximum Gasteiger partial charge on any atom is 0.238 e. The maximum atomic E-state index is 11.2. The van der Waals surface area contributed by atoms with E-state index in [1.54, 1.807) is 19.2 Å². The Morgan fingerprint density at radius 1 is 1.00 bits per heavy atom. The van der Waals surface area contributed by atoms with Crippen LogP contribution in [0.15, 0.2) is 53.4 Å². The van der Waals surface area contributed by atoms with Crippen molar-refractivity contribution in [1.82, 2.24) is 0 Å². The van der Waals surface area contributed by atoms with Crippen LogP contribution in [-0.2, 0) is 27.9 Å². The van der Waals surface area contributed by atoms with Crippen molar-refractivity contribution >= 4 is 15.7 Å². The van der Waals surface area contributed by atoms with Crippen LogP contribution >= 0.6 is 0 Å². The maximum absolute atomic E-state index is 11.2. The van der Waals surface area contributed by atoms with Gasteiger partial charge in [0.1, 0.15) is 0 Å². The number of ether oxygens (including phenoxy) is 1. The van der Waals surface area contributed by atoms with E-state index in [9.17, 15) is 8.42 Å². The third kappa shape index (κ3) is 4.56. The normalized spacial score (nSPS) is 11.3. The number of nitrogens with two attached hydrogens (primary N) is 1. The molecule has 112 valence electrons. The second-order valence-electron chi connectivity index (χ2n) is 4.67. The Balaban J connectivity index is 1.96. The Morgan fingerprint density at radius 3 is 2.10 bits per heavy atom. The van der Waals surface area contributed by atoms with Crippen LogP contribution in [0.25, 0.3) is 0 Å². The van der Waals surface area contributed by atoms with Gasteiger partial charge in [0.2, 0.25) is 10.0 Å². The summed E-state index contributed by atoms with van der Waals surface area (Å²) in [4.78, 5) is 0.108. The molecule has 0 spiro atoms. The number of primary sulfonamides is 1. The number of hydrogen-bond acceptors (Lipinski definition) is 4. The minimum atomic E-state index is -3.64. The molecule has 5 nitrogen and oxygen atoms in total. The fraction of sp³-hybridized carbons (Fsp3) is 0.200. The molecular weight excluding hydrogens is 288 g/mol. The van der Waals surface area contributed by atoms with Crippen LogP contribution in [0.1, 0.15) is 11.1 Å². The summed E-state index contributed by atoms with van der Waals surface area (Å²) < 4.78 is 27.4. The van der Waals surface area contributed by atoms with Crippen molar-refractivity contribution in [3.8, 4) is 0 Å². The second-order valence-corrected chi connectivity index (χ2v) is 6.23. The SMILES string of the molecule is COCc1ccc(CNc2ccc(S(N)(=O)=O)cc2)cc1. The first-order valence-electron chi connectivity index (χ1n) is 6.42. The number of hydrogen-bond donors (Lipinski definition) is 2. The minimum absolute atomic E-state index is 0.108. The van der Waals surface area contributed by atoms with E-state index in [2.05, 4.69) is 5.32 Å². The van der Waals surface area contributed by atoms with E-state index in [0.29, 0.717) is 13.2 Å². The lowest BCUT2D eigenvalue weighted by Gasteiger charge is -2.08. The number of methoxy groups -OCH3 is 1. The molecule has 0 amide bonds. The third-order valence-corrected chi connectivity index (χ3v) is 3.94. The molecule has 2 aromatic rings. The predicted molar refractivity (Wildman–Crippen MR) is 82.3 cm³/mol. The number of nitrogens with one attached hydrogen (secondary N) is 1. The van der Waals surface area contributed by atoms with Gasteiger partial charge in [0.25, 0.3) is 0 Å². The fourth-order valence-corrected chi connectivity index (χ4v) is 2.40. The van der Waals surface area contributed by atoms with Gasteiger partial charge in [-0.2, -0.15) is 0 Å². The molecule has 0 radical (unpaired) electrons. The van der Waals surface area contributed by atoms with Crippen LogP contribution in [-0.4, -0.2) is 15.5 Å². The fourth-order valence-electron chi connectivity index (χ4n) is 1.89. The Bertz CT molecular complexity index is 680. The number of benzene rings is 2. The van der Waals surface area contributed by atoms with Crippen molar-refractivity contribution in [2.24, 2.45) is 5.14 Å². The summed E-state index contributed by atoms with van der Waals surface area (Å²) in [5.41, 5.74) is 3.09. The molecule has 0 heterocycles. The molecule has 0 saturated carbocycles. The lowest BCUT2D eigenvalue weighted by Crippen LogP contribution is -2.12. The van der Waals surface area contributed by atoms with Crippen LogP contribution in [0.2, 0.25) is 0 Å². The summed E-state index contributed by atoms with van der Waals surface area (Å²) in [6.07, 6.45) is 0. The smallest absolute Gasteiger partial charge is 0.238 e. The highest BCUT2D eigenvalue weighted by atomic mass is 32.2. The predicted octanol–water partition coefficient (Wildman–Crippen LogP) is 2.09. The average Bonchev–Trinajstić information content (AvgIpc) is 2.46. The van der Waals surface area contributed by atoms with Crippen LogP contribution in [0.5, 0.6) is 0 Å². The summed E-state index contributed by atoms with van der Waals surface area (Å²) in [5.74, 6) is 0. The Kier molecular flexibility index (Phi) is 4.95. The van der Waals surface area contributed by atoms with Crippen LogP contribution < -0.4 is 10.5 Å². The lowest BCUT2D eigenvalue weighted by molar-refractivity contribution is 0.185. The highest BCUT2D eigenvalue weighted by Gasteiger charge is 2.06. The minimum Gasteiger partial charge on any atom is -0.381 e. The Labute approximate surface area is 124 Å². The highest BCUT2D eigenvalue weighted by molar-refractivity contribution is 7.89. The van der Waals surface area contributed by atoms with Gasteiger partial charge >= 0.3 is 0 Å². The van der Waals surface area contributed by atoms with Gasteiger partial charge in [-0.05, 0) is 35.4 Å². The van der Waals surface area contributed by atoms with Gasteiger partial charge in [-0.25, -0.2) is 13.6 Å². The zero-order valence-corrected chi connectivity index (χ0v) is 12.6. The Hall–Kier alpha value is -1.89. The monoisotopic (exact) mass is 306 g/mol. The second kappa shape index (κ2) is 6.71. The van der Waals surface area contributed by atoms with Crippen molar-refractivity contribution in [1.29, 1.82) is 0 Å². The third-order valence-electron chi connectivity index (χ3n) is 3.01. The molecular formula is C15H18N2O3S. The van der Waals surface area contributed by atoms with Gasteiger partial charge in [0.15, 0.2) is 0 Å². The lowest BCUT2D eigenvalue weighted by atomic mass is 10.1. The molecule has 0 saturated heterocycles. The van der Waals surface area contributed by atoms with E-state index < -0.39 is 10.0 Å². The van der Waals surface area contributed by atoms with E-state index in [4.69, 9.17) is 9.88 Å². The first-order chi connectivity index (χ1) is 9.99. The molecule has 0 aromatic heterocycles. The first kappa shape index (κ1) is 15.5. The Morgan fingerprint density at radius 2 is 1.57 bits per heavy atom. The molecule has 0 atom stereocenters. The van der Waals surface area contributed by atoms with Gasteiger partial charge in [0.05, 0.1) is 11.5 Å².